The second-order valence-electron chi connectivity index (χ2n) is 5.42. The molecule has 7 nitrogen and oxygen atoms in total. The van der Waals surface area contributed by atoms with E-state index < -0.39 is 0 Å². The summed E-state index contributed by atoms with van der Waals surface area (Å²) in [6.07, 6.45) is 0. The average molecular weight is 353 g/mol. The summed E-state index contributed by atoms with van der Waals surface area (Å²) in [6, 6.07) is 16.8. The molecule has 0 atom stereocenters. The van der Waals surface area contributed by atoms with E-state index >= 15 is 0 Å². The summed E-state index contributed by atoms with van der Waals surface area (Å²) in [4.78, 5) is 16.2. The maximum atomic E-state index is 11.8. The van der Waals surface area contributed by atoms with Gasteiger partial charge in [0.25, 0.3) is 11.8 Å². The fourth-order valence-electron chi connectivity index (χ4n) is 2.29. The van der Waals surface area contributed by atoms with E-state index in [1.165, 1.54) is 0 Å². The van der Waals surface area contributed by atoms with Crippen molar-refractivity contribution in [3.05, 3.63) is 54.6 Å². The van der Waals surface area contributed by atoms with Gasteiger partial charge in [-0.3, -0.25) is 4.79 Å². The second-order valence-corrected chi connectivity index (χ2v) is 5.42. The molecule has 1 N–H and O–H groups in total. The van der Waals surface area contributed by atoms with Gasteiger partial charge in [0.05, 0.1) is 12.2 Å². The molecule has 0 aliphatic carbocycles. The number of methoxy groups -OCH3 is 1. The summed E-state index contributed by atoms with van der Waals surface area (Å²) in [5, 5.41) is 6.71. The first-order valence-corrected chi connectivity index (χ1v) is 8.15. The molecule has 134 valence electrons. The Morgan fingerprint density at radius 3 is 2.69 bits per heavy atom. The summed E-state index contributed by atoms with van der Waals surface area (Å²) in [6.45, 7) is 0.775. The molecule has 1 amide bonds. The van der Waals surface area contributed by atoms with Crippen LogP contribution in [0.15, 0.2) is 59.1 Å². The van der Waals surface area contributed by atoms with Gasteiger partial charge in [0.1, 0.15) is 5.75 Å². The predicted octanol–water partition coefficient (Wildman–Crippen LogP) is 2.54. The van der Waals surface area contributed by atoms with E-state index in [0.717, 1.165) is 5.56 Å². The third kappa shape index (κ3) is 4.46. The van der Waals surface area contributed by atoms with Crippen LogP contribution in [0.5, 0.6) is 5.75 Å². The number of carbonyl (C=O) groups is 1. The zero-order valence-electron chi connectivity index (χ0n) is 14.3. The Labute approximate surface area is 150 Å². The van der Waals surface area contributed by atoms with Crippen LogP contribution in [0.25, 0.3) is 22.8 Å². The van der Waals surface area contributed by atoms with Crippen molar-refractivity contribution in [1.29, 1.82) is 0 Å². The first-order valence-electron chi connectivity index (χ1n) is 8.15. The lowest BCUT2D eigenvalue weighted by Gasteiger charge is -2.09. The van der Waals surface area contributed by atoms with Crippen LogP contribution in [0, 0.1) is 0 Å². The molecular weight excluding hydrogens is 334 g/mol. The molecule has 0 fully saturated rings. The largest absolute Gasteiger partial charge is 0.483 e. The molecule has 0 bridgehead atoms. The molecule has 0 saturated carbocycles. The van der Waals surface area contributed by atoms with Gasteiger partial charge in [-0.15, -0.1) is 0 Å². The summed E-state index contributed by atoms with van der Waals surface area (Å²) in [5.41, 5.74) is 1.49. The lowest BCUT2D eigenvalue weighted by molar-refractivity contribution is -0.123. The highest BCUT2D eigenvalue weighted by atomic mass is 16.5. The van der Waals surface area contributed by atoms with E-state index in [9.17, 15) is 4.79 Å². The maximum absolute atomic E-state index is 11.8. The van der Waals surface area contributed by atoms with Gasteiger partial charge in [-0.25, -0.2) is 0 Å². The lowest BCUT2D eigenvalue weighted by atomic mass is 10.2. The minimum atomic E-state index is -0.229. The first-order chi connectivity index (χ1) is 12.8. The van der Waals surface area contributed by atoms with Crippen LogP contribution < -0.4 is 10.1 Å². The Kier molecular flexibility index (Phi) is 5.95. The number of ether oxygens (including phenoxy) is 2. The number of amides is 1. The number of aromatic nitrogens is 2. The van der Waals surface area contributed by atoms with Crippen LogP contribution in [0.1, 0.15) is 0 Å². The highest BCUT2D eigenvalue weighted by Crippen LogP contribution is 2.30. The Balaban J connectivity index is 1.71. The zero-order chi connectivity index (χ0) is 18.2. The standard InChI is InChI=1S/C19H19N3O4/c1-24-12-11-20-17(23)13-25-16-10-6-5-9-15(16)19-21-18(22-26-19)14-7-3-2-4-8-14/h2-10H,11-13H2,1H3,(H,20,23). The molecule has 0 radical (unpaired) electrons. The zero-order valence-corrected chi connectivity index (χ0v) is 14.3. The van der Waals surface area contributed by atoms with Crippen LogP contribution in [0.3, 0.4) is 0 Å². The van der Waals surface area contributed by atoms with Crippen molar-refractivity contribution in [2.24, 2.45) is 0 Å². The molecule has 0 aliphatic rings. The third-order valence-electron chi connectivity index (χ3n) is 3.56. The number of para-hydroxylation sites is 1. The van der Waals surface area contributed by atoms with Crippen molar-refractivity contribution in [2.45, 2.75) is 0 Å². The van der Waals surface area contributed by atoms with Crippen molar-refractivity contribution in [2.75, 3.05) is 26.9 Å². The predicted molar refractivity (Wildman–Crippen MR) is 95.6 cm³/mol. The second kappa shape index (κ2) is 8.77. The fraction of sp³-hybridized carbons (Fsp3) is 0.211. The Morgan fingerprint density at radius 2 is 1.88 bits per heavy atom. The number of nitrogens with zero attached hydrogens (tertiary/aromatic N) is 2. The van der Waals surface area contributed by atoms with Crippen molar-refractivity contribution in [3.63, 3.8) is 0 Å². The van der Waals surface area contributed by atoms with Crippen molar-refractivity contribution in [3.8, 4) is 28.6 Å². The summed E-state index contributed by atoms with van der Waals surface area (Å²) < 4.78 is 15.9. The Bertz CT molecular complexity index is 849. The van der Waals surface area contributed by atoms with Gasteiger partial charge < -0.3 is 19.3 Å². The van der Waals surface area contributed by atoms with Crippen molar-refractivity contribution in [1.82, 2.24) is 15.5 Å². The molecule has 3 rings (SSSR count). The van der Waals surface area contributed by atoms with Crippen LogP contribution in [-0.2, 0) is 9.53 Å². The number of carbonyl (C=O) groups excluding carboxylic acids is 1. The third-order valence-corrected chi connectivity index (χ3v) is 3.56. The monoisotopic (exact) mass is 353 g/mol. The van der Waals surface area contributed by atoms with E-state index in [1.54, 1.807) is 19.2 Å². The van der Waals surface area contributed by atoms with Crippen LogP contribution in [0.2, 0.25) is 0 Å². The summed E-state index contributed by atoms with van der Waals surface area (Å²) in [5.74, 6) is 1.09. The van der Waals surface area contributed by atoms with E-state index in [0.29, 0.717) is 36.2 Å². The Hall–Kier alpha value is -3.19. The molecule has 0 spiro atoms. The van der Waals surface area contributed by atoms with Crippen molar-refractivity contribution < 1.29 is 18.8 Å². The molecular formula is C19H19N3O4. The number of nitrogens with one attached hydrogen (secondary N) is 1. The van der Waals surface area contributed by atoms with Gasteiger partial charge in [-0.05, 0) is 12.1 Å². The SMILES string of the molecule is COCCNC(=O)COc1ccccc1-c1nc(-c2ccccc2)no1. The van der Waals surface area contributed by atoms with Crippen LogP contribution >= 0.6 is 0 Å². The fourth-order valence-corrected chi connectivity index (χ4v) is 2.29. The van der Waals surface area contributed by atoms with Gasteiger partial charge >= 0.3 is 0 Å². The van der Waals surface area contributed by atoms with Gasteiger partial charge in [0.15, 0.2) is 6.61 Å². The number of benzene rings is 2. The average Bonchev–Trinajstić information content (AvgIpc) is 3.17. The molecule has 2 aromatic carbocycles. The van der Waals surface area contributed by atoms with E-state index in [4.69, 9.17) is 14.0 Å². The molecule has 26 heavy (non-hydrogen) atoms. The number of rotatable bonds is 8. The van der Waals surface area contributed by atoms with Gasteiger partial charge in [-0.2, -0.15) is 4.98 Å². The van der Waals surface area contributed by atoms with Gasteiger partial charge in [0, 0.05) is 19.2 Å². The normalized spacial score (nSPS) is 10.5. The molecule has 0 unspecified atom stereocenters. The summed E-state index contributed by atoms with van der Waals surface area (Å²) in [7, 11) is 1.58. The first kappa shape index (κ1) is 17.6. The minimum Gasteiger partial charge on any atom is -0.483 e. The molecule has 0 saturated heterocycles. The molecule has 1 aromatic heterocycles. The lowest BCUT2D eigenvalue weighted by Crippen LogP contribution is -2.31. The molecule has 3 aromatic rings. The van der Waals surface area contributed by atoms with E-state index in [2.05, 4.69) is 15.5 Å². The minimum absolute atomic E-state index is 0.111. The highest BCUT2D eigenvalue weighted by molar-refractivity contribution is 5.78. The van der Waals surface area contributed by atoms with E-state index in [1.807, 2.05) is 42.5 Å². The molecule has 7 heteroatoms. The number of hydrogen-bond donors (Lipinski definition) is 1. The van der Waals surface area contributed by atoms with E-state index in [-0.39, 0.29) is 12.5 Å². The molecule has 1 heterocycles. The highest BCUT2D eigenvalue weighted by Gasteiger charge is 2.15. The van der Waals surface area contributed by atoms with Gasteiger partial charge in [-0.1, -0.05) is 47.6 Å². The smallest absolute Gasteiger partial charge is 0.262 e. The summed E-state index contributed by atoms with van der Waals surface area (Å²) >= 11 is 0. The number of hydrogen-bond acceptors (Lipinski definition) is 6. The molecule has 0 aliphatic heterocycles. The topological polar surface area (TPSA) is 86.5 Å². The quantitative estimate of drug-likeness (QED) is 0.626. The maximum Gasteiger partial charge on any atom is 0.262 e. The van der Waals surface area contributed by atoms with Crippen molar-refractivity contribution >= 4 is 5.91 Å². The van der Waals surface area contributed by atoms with Crippen LogP contribution in [0.4, 0.5) is 0 Å². The van der Waals surface area contributed by atoms with Crippen LogP contribution in [-0.4, -0.2) is 42.9 Å². The van der Waals surface area contributed by atoms with Gasteiger partial charge in [0.2, 0.25) is 5.82 Å². The Morgan fingerprint density at radius 1 is 1.12 bits per heavy atom.